The van der Waals surface area contributed by atoms with E-state index < -0.39 is 0 Å². The van der Waals surface area contributed by atoms with Crippen molar-refractivity contribution < 1.29 is 14.3 Å². The Kier molecular flexibility index (Phi) is 6.85. The highest BCUT2D eigenvalue weighted by Gasteiger charge is 2.25. The number of unbranched alkanes of at least 4 members (excludes halogenated alkanes) is 1. The van der Waals surface area contributed by atoms with E-state index in [4.69, 9.17) is 9.47 Å². The average molecular weight is 383 g/mol. The van der Waals surface area contributed by atoms with Crippen molar-refractivity contribution in [1.82, 2.24) is 14.9 Å². The molecule has 6 nitrogen and oxygen atoms in total. The van der Waals surface area contributed by atoms with E-state index in [9.17, 15) is 4.79 Å². The van der Waals surface area contributed by atoms with Crippen molar-refractivity contribution in [3.05, 3.63) is 47.4 Å². The zero-order chi connectivity index (χ0) is 19.9. The molecular formula is C22H29N3O3. The number of aromatic nitrogens is 2. The third-order valence-electron chi connectivity index (χ3n) is 4.83. The monoisotopic (exact) mass is 383 g/mol. The second-order valence-corrected chi connectivity index (χ2v) is 7.23. The third kappa shape index (κ3) is 5.44. The first-order valence-electron chi connectivity index (χ1n) is 10.1. The van der Waals surface area contributed by atoms with Gasteiger partial charge in [-0.1, -0.05) is 13.3 Å². The van der Waals surface area contributed by atoms with E-state index in [0.29, 0.717) is 37.0 Å². The summed E-state index contributed by atoms with van der Waals surface area (Å²) in [5, 5.41) is 0. The molecule has 1 aliphatic heterocycles. The lowest BCUT2D eigenvalue weighted by Gasteiger charge is -2.32. The highest BCUT2D eigenvalue weighted by atomic mass is 16.5. The fourth-order valence-electron chi connectivity index (χ4n) is 3.30. The summed E-state index contributed by atoms with van der Waals surface area (Å²) in [6, 6.07) is 9.29. The summed E-state index contributed by atoms with van der Waals surface area (Å²) in [5.74, 6) is 2.21. The van der Waals surface area contributed by atoms with Crippen molar-refractivity contribution in [3.63, 3.8) is 0 Å². The number of amides is 1. The van der Waals surface area contributed by atoms with Crippen LogP contribution in [0.4, 0.5) is 0 Å². The number of piperidine rings is 1. The van der Waals surface area contributed by atoms with Gasteiger partial charge in [0.25, 0.3) is 5.91 Å². The van der Waals surface area contributed by atoms with Crippen LogP contribution in [-0.4, -0.2) is 46.6 Å². The van der Waals surface area contributed by atoms with Crippen molar-refractivity contribution in [1.29, 1.82) is 0 Å². The Morgan fingerprint density at radius 1 is 1.14 bits per heavy atom. The molecule has 0 N–H and O–H groups in total. The molecule has 3 rings (SSSR count). The van der Waals surface area contributed by atoms with Gasteiger partial charge in [-0.25, -0.2) is 4.98 Å². The number of hydrogen-bond donors (Lipinski definition) is 0. The normalized spacial score (nSPS) is 14.8. The van der Waals surface area contributed by atoms with Crippen LogP contribution < -0.4 is 9.47 Å². The Bertz CT molecular complexity index is 764. The minimum absolute atomic E-state index is 0.0623. The lowest BCUT2D eigenvalue weighted by atomic mass is 10.1. The van der Waals surface area contributed by atoms with Gasteiger partial charge in [0.05, 0.1) is 6.61 Å². The van der Waals surface area contributed by atoms with E-state index in [1.54, 1.807) is 0 Å². The number of hydrogen-bond acceptors (Lipinski definition) is 5. The Hall–Kier alpha value is -2.63. The van der Waals surface area contributed by atoms with E-state index in [2.05, 4.69) is 16.9 Å². The predicted molar refractivity (Wildman–Crippen MR) is 108 cm³/mol. The van der Waals surface area contributed by atoms with Crippen molar-refractivity contribution >= 4 is 5.91 Å². The molecule has 150 valence electrons. The second kappa shape index (κ2) is 9.53. The number of nitrogens with zero attached hydrogens (tertiary/aromatic N) is 3. The SMILES string of the molecule is CCCCOc1ccc(C(=O)N2CCC(Oc3cc(C)nc(C)n3)CC2)cc1. The Morgan fingerprint density at radius 3 is 2.50 bits per heavy atom. The zero-order valence-electron chi connectivity index (χ0n) is 17.0. The molecule has 1 aromatic carbocycles. The van der Waals surface area contributed by atoms with Gasteiger partial charge in [-0.05, 0) is 44.5 Å². The summed E-state index contributed by atoms with van der Waals surface area (Å²) < 4.78 is 11.7. The third-order valence-corrected chi connectivity index (χ3v) is 4.83. The van der Waals surface area contributed by atoms with Crippen LogP contribution in [0.25, 0.3) is 0 Å². The van der Waals surface area contributed by atoms with Gasteiger partial charge in [0.1, 0.15) is 17.7 Å². The minimum atomic E-state index is 0.0623. The number of aryl methyl sites for hydroxylation is 2. The van der Waals surface area contributed by atoms with Gasteiger partial charge in [0.15, 0.2) is 0 Å². The molecule has 0 bridgehead atoms. The maximum Gasteiger partial charge on any atom is 0.253 e. The molecule has 2 aromatic rings. The molecule has 0 unspecified atom stereocenters. The lowest BCUT2D eigenvalue weighted by Crippen LogP contribution is -2.41. The summed E-state index contributed by atoms with van der Waals surface area (Å²) in [7, 11) is 0. The number of ether oxygens (including phenoxy) is 2. The lowest BCUT2D eigenvalue weighted by molar-refractivity contribution is 0.0587. The van der Waals surface area contributed by atoms with E-state index in [0.717, 1.165) is 37.1 Å². The fraction of sp³-hybridized carbons (Fsp3) is 0.500. The highest BCUT2D eigenvalue weighted by Crippen LogP contribution is 2.20. The molecule has 0 radical (unpaired) electrons. The summed E-state index contributed by atoms with van der Waals surface area (Å²) in [6.45, 7) is 8.00. The molecule has 0 spiro atoms. The molecule has 0 saturated carbocycles. The maximum atomic E-state index is 12.7. The van der Waals surface area contributed by atoms with Crippen molar-refractivity contribution in [2.24, 2.45) is 0 Å². The summed E-state index contributed by atoms with van der Waals surface area (Å²) in [5.41, 5.74) is 1.60. The molecule has 1 amide bonds. The van der Waals surface area contributed by atoms with Crippen LogP contribution in [0.5, 0.6) is 11.6 Å². The summed E-state index contributed by atoms with van der Waals surface area (Å²) >= 11 is 0. The van der Waals surface area contributed by atoms with Crippen LogP contribution in [0.2, 0.25) is 0 Å². The van der Waals surface area contributed by atoms with Crippen LogP contribution >= 0.6 is 0 Å². The molecule has 1 fully saturated rings. The van der Waals surface area contributed by atoms with E-state index in [1.807, 2.05) is 49.1 Å². The van der Waals surface area contributed by atoms with Gasteiger partial charge in [0.2, 0.25) is 5.88 Å². The zero-order valence-corrected chi connectivity index (χ0v) is 17.0. The molecule has 0 aliphatic carbocycles. The van der Waals surface area contributed by atoms with Gasteiger partial charge < -0.3 is 14.4 Å². The van der Waals surface area contributed by atoms with Crippen LogP contribution in [0.3, 0.4) is 0 Å². The molecule has 1 aliphatic rings. The Labute approximate surface area is 166 Å². The Balaban J connectivity index is 1.50. The van der Waals surface area contributed by atoms with Crippen LogP contribution in [0, 0.1) is 13.8 Å². The predicted octanol–water partition coefficient (Wildman–Crippen LogP) is 3.96. The van der Waals surface area contributed by atoms with Crippen LogP contribution in [0.15, 0.2) is 30.3 Å². The van der Waals surface area contributed by atoms with Crippen molar-refractivity contribution in [2.45, 2.75) is 52.6 Å². The van der Waals surface area contributed by atoms with Crippen LogP contribution in [0.1, 0.15) is 54.5 Å². The van der Waals surface area contributed by atoms with Gasteiger partial charge in [-0.15, -0.1) is 0 Å². The molecule has 1 saturated heterocycles. The van der Waals surface area contributed by atoms with Gasteiger partial charge >= 0.3 is 0 Å². The standard InChI is InChI=1S/C22H29N3O3/c1-4-5-14-27-19-8-6-18(7-9-19)22(26)25-12-10-20(11-13-25)28-21-15-16(2)23-17(3)24-21/h6-9,15,20H,4-5,10-14H2,1-3H3. The van der Waals surface area contributed by atoms with Crippen molar-refractivity contribution in [2.75, 3.05) is 19.7 Å². The number of benzene rings is 1. The van der Waals surface area contributed by atoms with E-state index in [1.165, 1.54) is 0 Å². The fourth-order valence-corrected chi connectivity index (χ4v) is 3.30. The van der Waals surface area contributed by atoms with Gasteiger partial charge in [0, 0.05) is 43.3 Å². The number of carbonyl (C=O) groups is 1. The first-order valence-corrected chi connectivity index (χ1v) is 10.1. The molecule has 2 heterocycles. The topological polar surface area (TPSA) is 64.5 Å². The highest BCUT2D eigenvalue weighted by molar-refractivity contribution is 5.94. The van der Waals surface area contributed by atoms with E-state index >= 15 is 0 Å². The van der Waals surface area contributed by atoms with Crippen LogP contribution in [-0.2, 0) is 0 Å². The van der Waals surface area contributed by atoms with Gasteiger partial charge in [-0.3, -0.25) is 4.79 Å². The first-order chi connectivity index (χ1) is 13.5. The average Bonchev–Trinajstić information content (AvgIpc) is 2.68. The maximum absolute atomic E-state index is 12.7. The molecule has 6 heteroatoms. The number of carbonyl (C=O) groups excluding carboxylic acids is 1. The smallest absolute Gasteiger partial charge is 0.253 e. The number of likely N-dealkylation sites (tertiary alicyclic amines) is 1. The molecular weight excluding hydrogens is 354 g/mol. The van der Waals surface area contributed by atoms with E-state index in [-0.39, 0.29) is 12.0 Å². The molecule has 0 atom stereocenters. The minimum Gasteiger partial charge on any atom is -0.494 e. The summed E-state index contributed by atoms with van der Waals surface area (Å²) in [6.07, 6.45) is 3.81. The van der Waals surface area contributed by atoms with Crippen molar-refractivity contribution in [3.8, 4) is 11.6 Å². The first kappa shape index (κ1) is 20.1. The number of rotatable bonds is 7. The second-order valence-electron chi connectivity index (χ2n) is 7.23. The molecule has 1 aromatic heterocycles. The Morgan fingerprint density at radius 2 is 1.86 bits per heavy atom. The molecule has 28 heavy (non-hydrogen) atoms. The largest absolute Gasteiger partial charge is 0.494 e. The summed E-state index contributed by atoms with van der Waals surface area (Å²) in [4.78, 5) is 23.3. The van der Waals surface area contributed by atoms with Gasteiger partial charge in [-0.2, -0.15) is 4.98 Å². The quantitative estimate of drug-likeness (QED) is 0.677.